The summed E-state index contributed by atoms with van der Waals surface area (Å²) >= 11 is 5.90. The molecular formula is C23H20ClF4N7O4. The number of carbonyl (C=O) groups excluding carboxylic acids is 1. The van der Waals surface area contributed by atoms with Gasteiger partial charge in [-0.3, -0.25) is 9.36 Å². The molecule has 3 heterocycles. The first kappa shape index (κ1) is 27.9. The van der Waals surface area contributed by atoms with Gasteiger partial charge in [-0.15, -0.1) is 10.2 Å². The van der Waals surface area contributed by atoms with Gasteiger partial charge in [-0.25, -0.2) is 23.8 Å². The Labute approximate surface area is 222 Å². The fraction of sp³-hybridized carbons (Fsp3) is 0.304. The van der Waals surface area contributed by atoms with Crippen LogP contribution in [0.15, 0.2) is 47.4 Å². The number of aliphatic hydroxyl groups excluding tert-OH is 1. The van der Waals surface area contributed by atoms with E-state index in [-0.39, 0.29) is 28.9 Å². The van der Waals surface area contributed by atoms with Crippen molar-refractivity contribution in [2.45, 2.75) is 45.3 Å². The Kier molecular flexibility index (Phi) is 7.83. The molecule has 2 atom stereocenters. The van der Waals surface area contributed by atoms with Crippen LogP contribution in [0.2, 0.25) is 5.02 Å². The molecule has 0 radical (unpaired) electrons. The molecule has 0 amide bonds. The van der Waals surface area contributed by atoms with Gasteiger partial charge < -0.3 is 9.84 Å². The fourth-order valence-electron chi connectivity index (χ4n) is 3.62. The highest BCUT2D eigenvalue weighted by molar-refractivity contribution is 6.30. The van der Waals surface area contributed by atoms with Crippen molar-refractivity contribution in [1.82, 2.24) is 34.1 Å². The lowest BCUT2D eigenvalue weighted by molar-refractivity contribution is -0.207. The van der Waals surface area contributed by atoms with Crippen LogP contribution in [0.1, 0.15) is 31.6 Å². The van der Waals surface area contributed by atoms with Crippen LogP contribution >= 0.6 is 11.6 Å². The van der Waals surface area contributed by atoms with E-state index in [2.05, 4.69) is 20.2 Å². The van der Waals surface area contributed by atoms with Crippen molar-refractivity contribution in [2.75, 3.05) is 0 Å². The predicted molar refractivity (Wildman–Crippen MR) is 127 cm³/mol. The van der Waals surface area contributed by atoms with Gasteiger partial charge in [-0.1, -0.05) is 11.6 Å². The number of benzene rings is 1. The average Bonchev–Trinajstić information content (AvgIpc) is 3.41. The zero-order valence-corrected chi connectivity index (χ0v) is 21.1. The molecular weight excluding hydrogens is 550 g/mol. The highest BCUT2D eigenvalue weighted by atomic mass is 35.5. The summed E-state index contributed by atoms with van der Waals surface area (Å²) in [5, 5.41) is 18.3. The SMILES string of the molecule is CC(=O)O[C@H](C)c1nc(Cn2nc(-c3ccc(Cl)cc3)n(C[C@H](O)C(F)(F)F)c2=O)nn1-c1ncccc1F. The number of carbonyl (C=O) groups is 1. The van der Waals surface area contributed by atoms with Crippen molar-refractivity contribution >= 4 is 17.6 Å². The maximum absolute atomic E-state index is 14.5. The van der Waals surface area contributed by atoms with Gasteiger partial charge in [0.2, 0.25) is 0 Å². The fourth-order valence-corrected chi connectivity index (χ4v) is 3.75. The zero-order valence-electron chi connectivity index (χ0n) is 20.3. The zero-order chi connectivity index (χ0) is 28.5. The Morgan fingerprint density at radius 2 is 1.87 bits per heavy atom. The van der Waals surface area contributed by atoms with Gasteiger partial charge in [-0.2, -0.15) is 17.9 Å². The van der Waals surface area contributed by atoms with E-state index < -0.39 is 49.0 Å². The molecule has 39 heavy (non-hydrogen) atoms. The monoisotopic (exact) mass is 569 g/mol. The van der Waals surface area contributed by atoms with E-state index in [1.165, 1.54) is 50.4 Å². The second-order valence-electron chi connectivity index (χ2n) is 8.30. The molecule has 0 unspecified atom stereocenters. The van der Waals surface area contributed by atoms with E-state index in [0.29, 0.717) is 9.59 Å². The number of aliphatic hydroxyl groups is 1. The van der Waals surface area contributed by atoms with Gasteiger partial charge in [0, 0.05) is 23.7 Å². The summed E-state index contributed by atoms with van der Waals surface area (Å²) in [6.45, 7) is 1.04. The van der Waals surface area contributed by atoms with Crippen molar-refractivity contribution in [3.8, 4) is 17.2 Å². The molecule has 4 aromatic rings. The predicted octanol–water partition coefficient (Wildman–Crippen LogP) is 3.08. The Morgan fingerprint density at radius 3 is 2.49 bits per heavy atom. The number of alkyl halides is 3. The van der Waals surface area contributed by atoms with E-state index in [9.17, 15) is 32.3 Å². The van der Waals surface area contributed by atoms with Gasteiger partial charge in [0.1, 0.15) is 6.54 Å². The van der Waals surface area contributed by atoms with Gasteiger partial charge in [-0.05, 0) is 43.3 Å². The van der Waals surface area contributed by atoms with Crippen molar-refractivity contribution in [1.29, 1.82) is 0 Å². The van der Waals surface area contributed by atoms with Crippen LogP contribution in [-0.4, -0.2) is 57.5 Å². The third-order valence-electron chi connectivity index (χ3n) is 5.37. The first-order chi connectivity index (χ1) is 18.3. The smallest absolute Gasteiger partial charge is 0.416 e. The lowest BCUT2D eigenvalue weighted by atomic mass is 10.2. The molecule has 0 saturated carbocycles. The lowest BCUT2D eigenvalue weighted by Gasteiger charge is -2.15. The third kappa shape index (κ3) is 6.15. The molecule has 0 saturated heterocycles. The minimum Gasteiger partial charge on any atom is -0.455 e. The van der Waals surface area contributed by atoms with Gasteiger partial charge in [0.25, 0.3) is 0 Å². The van der Waals surface area contributed by atoms with E-state index in [1.54, 1.807) is 0 Å². The summed E-state index contributed by atoms with van der Waals surface area (Å²) in [5.74, 6) is -2.00. The lowest BCUT2D eigenvalue weighted by Crippen LogP contribution is -2.37. The third-order valence-corrected chi connectivity index (χ3v) is 5.62. The minimum absolute atomic E-state index is 0.0318. The molecule has 0 bridgehead atoms. The highest BCUT2D eigenvalue weighted by Gasteiger charge is 2.39. The molecule has 3 aromatic heterocycles. The molecule has 206 valence electrons. The number of nitrogens with zero attached hydrogens (tertiary/aromatic N) is 7. The van der Waals surface area contributed by atoms with E-state index in [1.807, 2.05) is 0 Å². The molecule has 0 aliphatic heterocycles. The number of pyridine rings is 1. The van der Waals surface area contributed by atoms with Crippen LogP contribution in [0.5, 0.6) is 0 Å². The number of halogens is 5. The van der Waals surface area contributed by atoms with Crippen molar-refractivity contribution in [2.24, 2.45) is 0 Å². The molecule has 16 heteroatoms. The Bertz CT molecular complexity index is 1550. The number of ether oxygens (including phenoxy) is 1. The van der Waals surface area contributed by atoms with Crippen molar-refractivity contribution < 1.29 is 32.2 Å². The molecule has 0 aliphatic rings. The topological polar surface area (TPSA) is 130 Å². The molecule has 4 rings (SSSR count). The van der Waals surface area contributed by atoms with Crippen LogP contribution in [-0.2, 0) is 22.6 Å². The molecule has 0 spiro atoms. The van der Waals surface area contributed by atoms with Gasteiger partial charge in [0.15, 0.2) is 41.3 Å². The summed E-state index contributed by atoms with van der Waals surface area (Å²) in [5.41, 5.74) is -0.749. The summed E-state index contributed by atoms with van der Waals surface area (Å²) in [4.78, 5) is 32.8. The average molecular weight is 570 g/mol. The normalized spacial score (nSPS) is 13.3. The summed E-state index contributed by atoms with van der Waals surface area (Å²) in [7, 11) is 0. The van der Waals surface area contributed by atoms with Crippen LogP contribution in [0, 0.1) is 5.82 Å². The number of esters is 1. The number of rotatable bonds is 8. The van der Waals surface area contributed by atoms with E-state index in [4.69, 9.17) is 16.3 Å². The summed E-state index contributed by atoms with van der Waals surface area (Å²) in [6.07, 6.45) is -7.55. The molecule has 11 nitrogen and oxygen atoms in total. The van der Waals surface area contributed by atoms with Crippen LogP contribution in [0.4, 0.5) is 17.6 Å². The standard InChI is InChI=1S/C23H20ClF4N7O4/c1-12(39-13(2)36)19-30-18(31-35(19)21-16(25)4-3-9-29-21)11-34-22(38)33(10-17(37)23(26,27)28)20(32-34)14-5-7-15(24)8-6-14/h3-9,12,17,37H,10-11H2,1-2H3/t12-,17+/m1/s1. The largest absolute Gasteiger partial charge is 0.455 e. The van der Waals surface area contributed by atoms with Crippen LogP contribution in [0.25, 0.3) is 17.2 Å². The highest BCUT2D eigenvalue weighted by Crippen LogP contribution is 2.25. The first-order valence-electron chi connectivity index (χ1n) is 11.3. The van der Waals surface area contributed by atoms with Crippen molar-refractivity contribution in [3.05, 3.63) is 75.6 Å². The van der Waals surface area contributed by atoms with E-state index >= 15 is 0 Å². The maximum Gasteiger partial charge on any atom is 0.416 e. The summed E-state index contributed by atoms with van der Waals surface area (Å²) < 4.78 is 61.4. The van der Waals surface area contributed by atoms with Crippen molar-refractivity contribution in [3.63, 3.8) is 0 Å². The number of aromatic nitrogens is 7. The minimum atomic E-state index is -4.99. The molecule has 1 aromatic carbocycles. The molecule has 1 N–H and O–H groups in total. The van der Waals surface area contributed by atoms with Gasteiger partial charge >= 0.3 is 17.8 Å². The summed E-state index contributed by atoms with van der Waals surface area (Å²) in [6, 6.07) is 8.28. The van der Waals surface area contributed by atoms with E-state index in [0.717, 1.165) is 15.4 Å². The maximum atomic E-state index is 14.5. The molecule has 0 aliphatic carbocycles. The first-order valence-corrected chi connectivity index (χ1v) is 11.6. The van der Waals surface area contributed by atoms with Crippen LogP contribution in [0.3, 0.4) is 0 Å². The Morgan fingerprint density at radius 1 is 1.18 bits per heavy atom. The second kappa shape index (κ2) is 10.9. The Hall–Kier alpha value is -4.11. The van der Waals surface area contributed by atoms with Crippen LogP contribution < -0.4 is 5.69 Å². The number of hydrogen-bond acceptors (Lipinski definition) is 8. The Balaban J connectivity index is 1.79. The van der Waals surface area contributed by atoms with Gasteiger partial charge in [0.05, 0.1) is 6.54 Å². The quantitative estimate of drug-likeness (QED) is 0.253. The number of hydrogen-bond donors (Lipinski definition) is 1. The molecule has 0 fully saturated rings. The second-order valence-corrected chi connectivity index (χ2v) is 8.73.